The molecule has 1 fully saturated rings. The molecule has 0 aromatic heterocycles. The summed E-state index contributed by atoms with van der Waals surface area (Å²) < 4.78 is 5.69. The number of halogens is 1. The summed E-state index contributed by atoms with van der Waals surface area (Å²) in [6.07, 6.45) is 2.05. The van der Waals surface area contributed by atoms with Crippen LogP contribution in [0.3, 0.4) is 0 Å². The average molecular weight is 258 g/mol. The van der Waals surface area contributed by atoms with Gasteiger partial charge in [-0.15, -0.1) is 0 Å². The number of hydrogen-bond donors (Lipinski definition) is 1. The fourth-order valence-electron chi connectivity index (χ4n) is 2.30. The van der Waals surface area contributed by atoms with Crippen LogP contribution in [0.2, 0.25) is 0 Å². The molecule has 0 aromatic carbocycles. The first-order valence-electron chi connectivity index (χ1n) is 5.83. The average Bonchev–Trinajstić information content (AvgIpc) is 2.65. The van der Waals surface area contributed by atoms with Crippen molar-refractivity contribution in [2.75, 3.05) is 0 Å². The van der Waals surface area contributed by atoms with Gasteiger partial charge in [-0.3, -0.25) is 4.79 Å². The summed E-state index contributed by atoms with van der Waals surface area (Å²) >= 11 is 5.79. The lowest BCUT2D eigenvalue weighted by Gasteiger charge is -2.21. The van der Waals surface area contributed by atoms with Gasteiger partial charge in [0.05, 0.1) is 24.2 Å². The molecule has 17 heavy (non-hydrogen) atoms. The van der Waals surface area contributed by atoms with Gasteiger partial charge in [-0.1, -0.05) is 24.6 Å². The zero-order chi connectivity index (χ0) is 12.6. The number of dihydropyridines is 1. The molecule has 1 amide bonds. The summed E-state index contributed by atoms with van der Waals surface area (Å²) in [5, 5.41) is 10.0. The van der Waals surface area contributed by atoms with Crippen molar-refractivity contribution in [2.24, 2.45) is 10.9 Å². The molecule has 0 spiro atoms. The van der Waals surface area contributed by atoms with Crippen molar-refractivity contribution in [1.29, 1.82) is 0 Å². The molecule has 1 saturated heterocycles. The molecule has 4 unspecified atom stereocenters. The van der Waals surface area contributed by atoms with Crippen molar-refractivity contribution < 1.29 is 14.6 Å². The quantitative estimate of drug-likeness (QED) is 0.818. The number of allylic oxidation sites excluding steroid dienone is 1. The van der Waals surface area contributed by atoms with Crippen molar-refractivity contribution in [3.8, 4) is 0 Å². The maximum atomic E-state index is 11.8. The smallest absolute Gasteiger partial charge is 0.256 e. The van der Waals surface area contributed by atoms with E-state index in [4.69, 9.17) is 16.3 Å². The second-order valence-corrected chi connectivity index (χ2v) is 4.90. The normalized spacial score (nSPS) is 38.0. The van der Waals surface area contributed by atoms with Crippen LogP contribution in [-0.4, -0.2) is 34.5 Å². The summed E-state index contributed by atoms with van der Waals surface area (Å²) in [6.45, 7) is 3.77. The molecule has 2 heterocycles. The third kappa shape index (κ3) is 2.44. The lowest BCUT2D eigenvalue weighted by atomic mass is 9.94. The molecule has 0 radical (unpaired) electrons. The first-order chi connectivity index (χ1) is 8.02. The summed E-state index contributed by atoms with van der Waals surface area (Å²) in [4.78, 5) is 15.5. The van der Waals surface area contributed by atoms with E-state index >= 15 is 0 Å². The number of aliphatic imine (C=N–C) groups is 1. The summed E-state index contributed by atoms with van der Waals surface area (Å²) in [6, 6.07) is 0. The van der Waals surface area contributed by atoms with Crippen LogP contribution in [0.15, 0.2) is 16.6 Å². The number of carbonyl (C=O) groups excluding carboxylic acids is 1. The maximum absolute atomic E-state index is 11.8. The van der Waals surface area contributed by atoms with Crippen molar-refractivity contribution in [2.45, 2.75) is 45.0 Å². The Balaban J connectivity index is 2.13. The van der Waals surface area contributed by atoms with Crippen LogP contribution in [0.4, 0.5) is 0 Å². The van der Waals surface area contributed by atoms with Gasteiger partial charge in [0.25, 0.3) is 5.91 Å². The molecule has 4 atom stereocenters. The molecule has 5 heteroatoms. The van der Waals surface area contributed by atoms with Crippen LogP contribution in [0.1, 0.15) is 26.7 Å². The molecule has 94 valence electrons. The van der Waals surface area contributed by atoms with Gasteiger partial charge in [0, 0.05) is 6.42 Å². The number of nitrogens with zero attached hydrogens (tertiary/aromatic N) is 1. The Hall–Kier alpha value is -0.710. The minimum absolute atomic E-state index is 0.178. The monoisotopic (exact) mass is 257 g/mol. The Morgan fingerprint density at radius 1 is 1.65 bits per heavy atom. The van der Waals surface area contributed by atoms with Crippen LogP contribution >= 0.6 is 11.6 Å². The van der Waals surface area contributed by atoms with Gasteiger partial charge in [0.1, 0.15) is 5.17 Å². The zero-order valence-electron chi connectivity index (χ0n) is 9.89. The molecule has 2 aliphatic heterocycles. The van der Waals surface area contributed by atoms with Crippen LogP contribution in [-0.2, 0) is 9.53 Å². The van der Waals surface area contributed by atoms with E-state index in [1.807, 2.05) is 13.8 Å². The van der Waals surface area contributed by atoms with Gasteiger partial charge >= 0.3 is 0 Å². The highest BCUT2D eigenvalue weighted by atomic mass is 35.5. The van der Waals surface area contributed by atoms with Crippen molar-refractivity contribution in [3.05, 3.63) is 11.6 Å². The van der Waals surface area contributed by atoms with Crippen molar-refractivity contribution in [3.63, 3.8) is 0 Å². The molecule has 0 bridgehead atoms. The number of aliphatic hydroxyl groups is 1. The predicted molar refractivity (Wildman–Crippen MR) is 65.1 cm³/mol. The van der Waals surface area contributed by atoms with Gasteiger partial charge in [-0.25, -0.2) is 4.99 Å². The molecular weight excluding hydrogens is 242 g/mol. The van der Waals surface area contributed by atoms with Gasteiger partial charge < -0.3 is 9.84 Å². The van der Waals surface area contributed by atoms with Crippen LogP contribution < -0.4 is 0 Å². The fourth-order valence-corrected chi connectivity index (χ4v) is 2.44. The van der Waals surface area contributed by atoms with E-state index in [1.54, 1.807) is 6.08 Å². The number of aliphatic hydroxyl groups excluding tert-OH is 1. The second-order valence-electron chi connectivity index (χ2n) is 4.54. The van der Waals surface area contributed by atoms with E-state index in [0.29, 0.717) is 6.42 Å². The fraction of sp³-hybridized carbons (Fsp3) is 0.667. The van der Waals surface area contributed by atoms with E-state index in [0.717, 1.165) is 12.0 Å². The Labute approximate surface area is 105 Å². The SMILES string of the molecule is CCC1OC(C2C=C(C)C(Cl)=NC2=O)CC1O. The Morgan fingerprint density at radius 2 is 2.35 bits per heavy atom. The minimum Gasteiger partial charge on any atom is -0.390 e. The summed E-state index contributed by atoms with van der Waals surface area (Å²) in [5.74, 6) is -0.696. The third-order valence-corrected chi connectivity index (χ3v) is 3.69. The van der Waals surface area contributed by atoms with Crippen LogP contribution in [0.5, 0.6) is 0 Å². The van der Waals surface area contributed by atoms with Gasteiger partial charge in [-0.05, 0) is 18.9 Å². The number of hydrogen-bond acceptors (Lipinski definition) is 3. The van der Waals surface area contributed by atoms with E-state index < -0.39 is 12.0 Å². The molecule has 1 N–H and O–H groups in total. The highest BCUT2D eigenvalue weighted by Crippen LogP contribution is 2.31. The lowest BCUT2D eigenvalue weighted by molar-refractivity contribution is -0.124. The Kier molecular flexibility index (Phi) is 3.66. The highest BCUT2D eigenvalue weighted by molar-refractivity contribution is 6.70. The summed E-state index contributed by atoms with van der Waals surface area (Å²) in [5.41, 5.74) is 0.786. The molecule has 0 aliphatic carbocycles. The van der Waals surface area contributed by atoms with Gasteiger partial charge in [0.15, 0.2) is 0 Å². The van der Waals surface area contributed by atoms with E-state index in [9.17, 15) is 9.90 Å². The minimum atomic E-state index is -0.493. The molecule has 2 rings (SSSR count). The Morgan fingerprint density at radius 3 is 2.94 bits per heavy atom. The first kappa shape index (κ1) is 12.7. The molecule has 0 aromatic rings. The Bertz CT molecular complexity index is 391. The lowest BCUT2D eigenvalue weighted by Crippen LogP contribution is -2.29. The number of rotatable bonds is 2. The van der Waals surface area contributed by atoms with E-state index in [-0.39, 0.29) is 23.3 Å². The highest BCUT2D eigenvalue weighted by Gasteiger charge is 2.40. The topological polar surface area (TPSA) is 58.9 Å². The van der Waals surface area contributed by atoms with Gasteiger partial charge in [-0.2, -0.15) is 0 Å². The van der Waals surface area contributed by atoms with Crippen LogP contribution in [0, 0.1) is 5.92 Å². The predicted octanol–water partition coefficient (Wildman–Crippen LogP) is 1.65. The third-order valence-electron chi connectivity index (χ3n) is 3.30. The van der Waals surface area contributed by atoms with Crippen molar-refractivity contribution in [1.82, 2.24) is 0 Å². The van der Waals surface area contributed by atoms with E-state index in [1.165, 1.54) is 0 Å². The first-order valence-corrected chi connectivity index (χ1v) is 6.21. The molecule has 0 saturated carbocycles. The second kappa shape index (κ2) is 4.88. The zero-order valence-corrected chi connectivity index (χ0v) is 10.6. The molecule has 2 aliphatic rings. The molecule has 4 nitrogen and oxygen atoms in total. The number of carbonyl (C=O) groups is 1. The maximum Gasteiger partial charge on any atom is 0.256 e. The number of ether oxygens (including phenoxy) is 1. The standard InChI is InChI=1S/C12H16ClNO3/c1-3-9-8(15)5-10(17-9)7-4-6(2)11(13)14-12(7)16/h4,7-10,15H,3,5H2,1-2H3. The van der Waals surface area contributed by atoms with Crippen molar-refractivity contribution >= 4 is 22.7 Å². The number of amides is 1. The van der Waals surface area contributed by atoms with E-state index in [2.05, 4.69) is 4.99 Å². The van der Waals surface area contributed by atoms with Crippen LogP contribution in [0.25, 0.3) is 0 Å². The van der Waals surface area contributed by atoms with Gasteiger partial charge in [0.2, 0.25) is 0 Å². The largest absolute Gasteiger partial charge is 0.390 e. The molecular formula is C12H16ClNO3. The summed E-state index contributed by atoms with van der Waals surface area (Å²) in [7, 11) is 0.